The fourth-order valence-corrected chi connectivity index (χ4v) is 12.3. The highest BCUT2D eigenvalue weighted by Gasteiger charge is 2.56. The zero-order valence-electron chi connectivity index (χ0n) is 28.4. The van der Waals surface area contributed by atoms with Gasteiger partial charge in [0.05, 0.1) is 6.16 Å². The Morgan fingerprint density at radius 2 is 1.37 bits per heavy atom. The molecule has 3 amide bonds. The summed E-state index contributed by atoms with van der Waals surface area (Å²) in [6.45, 7) is 5.08. The molecule has 0 spiro atoms. The van der Waals surface area contributed by atoms with Crippen molar-refractivity contribution in [3.63, 3.8) is 0 Å². The van der Waals surface area contributed by atoms with E-state index in [0.717, 1.165) is 15.9 Å². The van der Waals surface area contributed by atoms with Crippen LogP contribution < -0.4 is 26.5 Å². The summed E-state index contributed by atoms with van der Waals surface area (Å²) in [5.41, 5.74) is 0.0957. The van der Waals surface area contributed by atoms with Gasteiger partial charge in [0.15, 0.2) is 0 Å². The van der Waals surface area contributed by atoms with Crippen LogP contribution in [-0.2, 0) is 19.1 Å². The van der Waals surface area contributed by atoms with Crippen LogP contribution >= 0.6 is 19.0 Å². The SMILES string of the molecule is CC(C)(C)OC(=O)NC(C(=O)N[C@@H]1C(=O)N2C(C(=O)O)=C(C[P+](c3ccccc3)(c3ccccc3)c3ccccc3)CS[C@@H]12)c1ccc(O)cc1. The molecule has 4 aromatic rings. The fourth-order valence-electron chi connectivity index (χ4n) is 6.49. The lowest BCUT2D eigenvalue weighted by molar-refractivity contribution is -0.151. The van der Waals surface area contributed by atoms with Gasteiger partial charge in [-0.15, -0.1) is 11.8 Å². The van der Waals surface area contributed by atoms with E-state index in [0.29, 0.717) is 23.1 Å². The van der Waals surface area contributed by atoms with Crippen molar-refractivity contribution < 1.29 is 34.1 Å². The van der Waals surface area contributed by atoms with Gasteiger partial charge in [0.2, 0.25) is 5.91 Å². The van der Waals surface area contributed by atoms with Gasteiger partial charge in [-0.1, -0.05) is 66.7 Å². The molecule has 3 atom stereocenters. The second kappa shape index (κ2) is 14.6. The van der Waals surface area contributed by atoms with E-state index in [-0.39, 0.29) is 11.4 Å². The van der Waals surface area contributed by atoms with Crippen LogP contribution in [0.4, 0.5) is 4.79 Å². The van der Waals surface area contributed by atoms with Gasteiger partial charge in [0.25, 0.3) is 5.91 Å². The standard InChI is InChI=1S/C39H38N3O7PS/c1-39(2,3)49-38(48)41-31(25-19-21-27(43)22-20-25)34(44)40-32-35(45)42-33(37(46)47)26(24-51-36(32)42)23-50(28-13-7-4-8-14-28,29-15-9-5-10-16-29)30-17-11-6-12-18-30/h4-22,31-32,36H,23-24H2,1-3H3,(H3-,40,41,43,44,46,47,48)/p+1/t31?,32-,36+/m1/s1. The lowest BCUT2D eigenvalue weighted by Gasteiger charge is -2.49. The summed E-state index contributed by atoms with van der Waals surface area (Å²) >= 11 is 1.40. The van der Waals surface area contributed by atoms with E-state index in [2.05, 4.69) is 47.0 Å². The van der Waals surface area contributed by atoms with Crippen molar-refractivity contribution in [1.29, 1.82) is 0 Å². The molecule has 10 nitrogen and oxygen atoms in total. The third kappa shape index (κ3) is 7.36. The third-order valence-electron chi connectivity index (χ3n) is 8.72. The van der Waals surface area contributed by atoms with Gasteiger partial charge in [-0.05, 0) is 74.9 Å². The molecule has 1 saturated heterocycles. The van der Waals surface area contributed by atoms with Crippen molar-refractivity contribution in [2.24, 2.45) is 0 Å². The smallest absolute Gasteiger partial charge is 0.408 e. The number of hydrogen-bond acceptors (Lipinski definition) is 7. The van der Waals surface area contributed by atoms with E-state index >= 15 is 0 Å². The zero-order chi connectivity index (χ0) is 36.3. The lowest BCUT2D eigenvalue weighted by Crippen LogP contribution is -2.71. The Balaban J connectivity index is 1.33. The fraction of sp³-hybridized carbons (Fsp3) is 0.231. The van der Waals surface area contributed by atoms with Crippen LogP contribution in [0.1, 0.15) is 32.4 Å². The molecule has 2 aliphatic rings. The Bertz CT molecular complexity index is 1860. The highest BCUT2D eigenvalue weighted by atomic mass is 32.2. The third-order valence-corrected chi connectivity index (χ3v) is 14.5. The van der Waals surface area contributed by atoms with Crippen LogP contribution in [0.5, 0.6) is 5.75 Å². The molecule has 0 radical (unpaired) electrons. The molecule has 1 fully saturated rings. The number of carbonyl (C=O) groups excluding carboxylic acids is 3. The van der Waals surface area contributed by atoms with Crippen molar-refractivity contribution in [2.45, 2.75) is 43.8 Å². The van der Waals surface area contributed by atoms with Crippen molar-refractivity contribution in [2.75, 3.05) is 11.9 Å². The minimum Gasteiger partial charge on any atom is -0.508 e. The topological polar surface area (TPSA) is 145 Å². The number of benzene rings is 4. The van der Waals surface area contributed by atoms with Gasteiger partial charge in [-0.25, -0.2) is 9.59 Å². The first-order chi connectivity index (χ1) is 24.4. The Labute approximate surface area is 301 Å². The first-order valence-corrected chi connectivity index (χ1v) is 19.4. The summed E-state index contributed by atoms with van der Waals surface area (Å²) in [5.74, 6) is -2.15. The minimum absolute atomic E-state index is 0.0272. The van der Waals surface area contributed by atoms with Gasteiger partial charge >= 0.3 is 12.1 Å². The van der Waals surface area contributed by atoms with Crippen molar-refractivity contribution in [3.8, 4) is 5.75 Å². The maximum atomic E-state index is 13.8. The molecule has 2 aliphatic heterocycles. The number of carboxylic acid groups (broad SMARTS) is 1. The number of carbonyl (C=O) groups is 4. The van der Waals surface area contributed by atoms with E-state index < -0.39 is 54.2 Å². The van der Waals surface area contributed by atoms with Gasteiger partial charge in [0.1, 0.15) is 57.7 Å². The molecule has 6 rings (SSSR count). The molecule has 4 aromatic carbocycles. The van der Waals surface area contributed by atoms with Crippen molar-refractivity contribution in [1.82, 2.24) is 15.5 Å². The Hall–Kier alpha value is -5.12. The molecule has 0 saturated carbocycles. The van der Waals surface area contributed by atoms with Crippen LogP contribution in [-0.4, -0.2) is 67.9 Å². The molecule has 262 valence electrons. The molecule has 0 aromatic heterocycles. The molecule has 51 heavy (non-hydrogen) atoms. The predicted molar refractivity (Wildman–Crippen MR) is 200 cm³/mol. The van der Waals surface area contributed by atoms with Gasteiger partial charge in [0, 0.05) is 11.3 Å². The number of β-lactam (4-membered cyclic amide) rings is 1. The number of phenols is 1. The predicted octanol–water partition coefficient (Wildman–Crippen LogP) is 4.69. The summed E-state index contributed by atoms with van der Waals surface area (Å²) in [4.78, 5) is 54.7. The van der Waals surface area contributed by atoms with Gasteiger partial charge in [-0.3, -0.25) is 14.5 Å². The highest BCUT2D eigenvalue weighted by molar-refractivity contribution is 8.00. The number of nitrogens with one attached hydrogen (secondary N) is 2. The number of thioether (sulfide) groups is 1. The number of amides is 3. The maximum Gasteiger partial charge on any atom is 0.408 e. The van der Waals surface area contributed by atoms with Crippen LogP contribution in [0.15, 0.2) is 127 Å². The van der Waals surface area contributed by atoms with Crippen LogP contribution in [0.3, 0.4) is 0 Å². The normalized spacial score (nSPS) is 17.9. The van der Waals surface area contributed by atoms with Gasteiger partial charge in [-0.2, -0.15) is 0 Å². The number of alkyl carbamates (subject to hydrolysis) is 1. The number of rotatable bonds is 10. The van der Waals surface area contributed by atoms with Crippen molar-refractivity contribution >= 4 is 58.8 Å². The Morgan fingerprint density at radius 3 is 1.84 bits per heavy atom. The molecular weight excluding hydrogens is 685 g/mol. The van der Waals surface area contributed by atoms with Crippen molar-refractivity contribution in [3.05, 3.63) is 132 Å². The number of carboxylic acids is 1. The summed E-state index contributed by atoms with van der Waals surface area (Å²) in [6.07, 6.45) is -0.442. The molecule has 0 bridgehead atoms. The largest absolute Gasteiger partial charge is 0.508 e. The van der Waals surface area contributed by atoms with E-state index in [1.165, 1.54) is 40.9 Å². The summed E-state index contributed by atoms with van der Waals surface area (Å²) in [7, 11) is -2.47. The van der Waals surface area contributed by atoms with Crippen LogP contribution in [0.25, 0.3) is 0 Å². The molecular formula is C39H39N3O7PS+. The molecule has 12 heteroatoms. The average molecular weight is 725 g/mol. The first-order valence-electron chi connectivity index (χ1n) is 16.4. The van der Waals surface area contributed by atoms with E-state index in [1.54, 1.807) is 20.8 Å². The number of ether oxygens (including phenoxy) is 1. The number of aliphatic carboxylic acids is 1. The second-order valence-electron chi connectivity index (χ2n) is 13.3. The summed E-state index contributed by atoms with van der Waals surface area (Å²) in [6, 6.07) is 33.8. The molecule has 2 heterocycles. The number of hydrogen-bond donors (Lipinski definition) is 4. The molecule has 0 aliphatic carbocycles. The lowest BCUT2D eigenvalue weighted by atomic mass is 10.0. The maximum absolute atomic E-state index is 13.8. The quantitative estimate of drug-likeness (QED) is 0.136. The highest BCUT2D eigenvalue weighted by Crippen LogP contribution is 2.58. The number of aromatic hydroxyl groups is 1. The zero-order valence-corrected chi connectivity index (χ0v) is 30.1. The minimum atomic E-state index is -2.47. The monoisotopic (exact) mass is 724 g/mol. The number of phenolic OH excluding ortho intramolecular Hbond substituents is 1. The second-order valence-corrected chi connectivity index (χ2v) is 17.9. The van der Waals surface area contributed by atoms with Crippen LogP contribution in [0, 0.1) is 0 Å². The summed E-state index contributed by atoms with van der Waals surface area (Å²) in [5, 5.41) is 28.4. The van der Waals surface area contributed by atoms with Crippen LogP contribution in [0.2, 0.25) is 0 Å². The summed E-state index contributed by atoms with van der Waals surface area (Å²) < 4.78 is 5.38. The van der Waals surface area contributed by atoms with Gasteiger partial charge < -0.3 is 25.6 Å². The molecule has 1 unspecified atom stereocenters. The molecule has 4 N–H and O–H groups in total. The number of nitrogens with zero attached hydrogens (tertiary/aromatic N) is 1. The van der Waals surface area contributed by atoms with E-state index in [9.17, 15) is 29.4 Å². The number of fused-ring (bicyclic) bond motifs is 1. The van der Waals surface area contributed by atoms with E-state index in [4.69, 9.17) is 4.74 Å². The average Bonchev–Trinajstić information content (AvgIpc) is 3.12. The van der Waals surface area contributed by atoms with E-state index in [1.807, 2.05) is 54.6 Å². The first kappa shape index (κ1) is 35.7. The Morgan fingerprint density at radius 1 is 0.863 bits per heavy atom. The Kier molecular flexibility index (Phi) is 10.2.